The molecule has 1 rings (SSSR count). The quantitative estimate of drug-likeness (QED) is 0.663. The molecule has 0 aliphatic rings. The molecule has 0 fully saturated rings. The zero-order valence-corrected chi connectivity index (χ0v) is 8.96. The van der Waals surface area contributed by atoms with Crippen LogP contribution in [0.4, 0.5) is 0 Å². The molecular weight excluding hydrogens is 208 g/mol. The van der Waals surface area contributed by atoms with E-state index in [1.165, 1.54) is 5.56 Å². The number of hydrogen-bond donors (Lipinski definition) is 3. The van der Waals surface area contributed by atoms with Gasteiger partial charge in [-0.05, 0) is 24.1 Å². The third-order valence-electron chi connectivity index (χ3n) is 1.48. The standard InChI is InChI=1S/C9H12O.2CHNO/c1-2-3-8-4-6-9(10)7-5-8;2*2-1-3/h4-7,10H,2-3H2,1H3;2*3H. The monoisotopic (exact) mass is 222 g/mol. The maximum absolute atomic E-state index is 8.92. The van der Waals surface area contributed by atoms with E-state index in [4.69, 9.17) is 25.8 Å². The number of rotatable bonds is 2. The molecule has 1 aromatic rings. The van der Waals surface area contributed by atoms with Crippen LogP contribution in [0, 0.1) is 23.0 Å². The summed E-state index contributed by atoms with van der Waals surface area (Å²) in [6, 6.07) is 7.37. The van der Waals surface area contributed by atoms with Crippen molar-refractivity contribution in [2.45, 2.75) is 19.8 Å². The number of aliphatic hydroxyl groups excluding tert-OH is 2. The SMILES string of the molecule is CCCc1ccc(O)cc1.N#CO.N#CO. The van der Waals surface area contributed by atoms with E-state index in [9.17, 15) is 0 Å². The fourth-order valence-corrected chi connectivity index (χ4v) is 0.951. The summed E-state index contributed by atoms with van der Waals surface area (Å²) in [6.45, 7) is 2.15. The highest BCUT2D eigenvalue weighted by Crippen LogP contribution is 2.10. The van der Waals surface area contributed by atoms with E-state index in [2.05, 4.69) is 6.92 Å². The van der Waals surface area contributed by atoms with E-state index in [1.54, 1.807) is 12.1 Å². The third kappa shape index (κ3) is 11.6. The van der Waals surface area contributed by atoms with Gasteiger partial charge in [0, 0.05) is 0 Å². The Morgan fingerprint density at radius 2 is 1.44 bits per heavy atom. The first kappa shape index (κ1) is 16.0. The maximum atomic E-state index is 8.92. The molecule has 5 nitrogen and oxygen atoms in total. The molecule has 0 atom stereocenters. The average Bonchev–Trinajstić information content (AvgIpc) is 2.24. The van der Waals surface area contributed by atoms with Gasteiger partial charge in [-0.2, -0.15) is 10.5 Å². The van der Waals surface area contributed by atoms with Gasteiger partial charge in [0.2, 0.25) is 0 Å². The Morgan fingerprint density at radius 3 is 1.75 bits per heavy atom. The van der Waals surface area contributed by atoms with E-state index < -0.39 is 0 Å². The first-order valence-electron chi connectivity index (χ1n) is 4.50. The number of hydrogen-bond acceptors (Lipinski definition) is 5. The van der Waals surface area contributed by atoms with Crippen LogP contribution in [0.15, 0.2) is 24.3 Å². The predicted octanol–water partition coefficient (Wildman–Crippen LogP) is 2.02. The van der Waals surface area contributed by atoms with Gasteiger partial charge in [0.05, 0.1) is 0 Å². The average molecular weight is 222 g/mol. The minimum absolute atomic E-state index is 0.347. The predicted molar refractivity (Wildman–Crippen MR) is 57.2 cm³/mol. The third-order valence-corrected chi connectivity index (χ3v) is 1.48. The van der Waals surface area contributed by atoms with Crippen molar-refractivity contribution >= 4 is 0 Å². The molecule has 0 saturated carbocycles. The van der Waals surface area contributed by atoms with Crippen molar-refractivity contribution in [2.75, 3.05) is 0 Å². The van der Waals surface area contributed by atoms with Crippen LogP contribution < -0.4 is 0 Å². The largest absolute Gasteiger partial charge is 0.508 e. The molecule has 0 amide bonds. The minimum Gasteiger partial charge on any atom is -0.508 e. The summed E-state index contributed by atoms with van der Waals surface area (Å²) in [6.07, 6.45) is 3.76. The topological polar surface area (TPSA) is 108 Å². The Balaban J connectivity index is 0. The van der Waals surface area contributed by atoms with Gasteiger partial charge in [0.15, 0.2) is 0 Å². The number of nitrogens with zero attached hydrogens (tertiary/aromatic N) is 2. The maximum Gasteiger partial charge on any atom is 0.283 e. The number of phenolic OH excluding ortho intramolecular Hbond substituents is 1. The van der Waals surface area contributed by atoms with Gasteiger partial charge in [0.25, 0.3) is 12.5 Å². The minimum atomic E-state index is 0.347. The van der Waals surface area contributed by atoms with Gasteiger partial charge < -0.3 is 15.3 Å². The van der Waals surface area contributed by atoms with Crippen LogP contribution in [0.5, 0.6) is 5.75 Å². The molecule has 0 spiro atoms. The summed E-state index contributed by atoms with van der Waals surface area (Å²) in [5, 5.41) is 36.4. The Labute approximate surface area is 94.4 Å². The molecule has 86 valence electrons. The van der Waals surface area contributed by atoms with Crippen LogP contribution in [0.25, 0.3) is 0 Å². The van der Waals surface area contributed by atoms with Crippen LogP contribution in [-0.4, -0.2) is 15.3 Å². The summed E-state index contributed by atoms with van der Waals surface area (Å²) < 4.78 is 0. The molecular formula is C11H14N2O3. The number of benzene rings is 1. The fraction of sp³-hybridized carbons (Fsp3) is 0.273. The van der Waals surface area contributed by atoms with Crippen molar-refractivity contribution < 1.29 is 15.3 Å². The van der Waals surface area contributed by atoms with Gasteiger partial charge in [-0.1, -0.05) is 25.5 Å². The normalized spacial score (nSPS) is 6.94. The molecule has 0 unspecified atom stereocenters. The molecule has 0 radical (unpaired) electrons. The van der Waals surface area contributed by atoms with Gasteiger partial charge in [-0.3, -0.25) is 0 Å². The Hall–Kier alpha value is -2.40. The zero-order valence-electron chi connectivity index (χ0n) is 8.96. The van der Waals surface area contributed by atoms with Gasteiger partial charge in [0.1, 0.15) is 5.75 Å². The number of aliphatic hydroxyl groups is 2. The summed E-state index contributed by atoms with van der Waals surface area (Å²) >= 11 is 0. The molecule has 0 bridgehead atoms. The molecule has 0 aromatic heterocycles. The lowest BCUT2D eigenvalue weighted by Crippen LogP contribution is -1.79. The molecule has 16 heavy (non-hydrogen) atoms. The number of nitriles is 2. The van der Waals surface area contributed by atoms with Crippen molar-refractivity contribution in [1.82, 2.24) is 0 Å². The molecule has 1 aromatic carbocycles. The second kappa shape index (κ2) is 12.6. The summed E-state index contributed by atoms with van der Waals surface area (Å²) in [4.78, 5) is 0. The lowest BCUT2D eigenvalue weighted by atomic mass is 10.1. The second-order valence-electron chi connectivity index (χ2n) is 2.62. The highest BCUT2D eigenvalue weighted by molar-refractivity contribution is 5.25. The van der Waals surface area contributed by atoms with Crippen LogP contribution in [0.1, 0.15) is 18.9 Å². The van der Waals surface area contributed by atoms with E-state index >= 15 is 0 Å². The molecule has 3 N–H and O–H groups in total. The first-order chi connectivity index (χ1) is 7.65. The lowest BCUT2D eigenvalue weighted by Gasteiger charge is -1.96. The zero-order chi connectivity index (χ0) is 12.8. The Kier molecular flexibility index (Phi) is 12.6. The van der Waals surface area contributed by atoms with E-state index in [0.29, 0.717) is 5.75 Å². The molecule has 5 heteroatoms. The van der Waals surface area contributed by atoms with Crippen LogP contribution in [0.2, 0.25) is 0 Å². The number of aryl methyl sites for hydroxylation is 1. The Morgan fingerprint density at radius 1 is 1.06 bits per heavy atom. The molecule has 0 saturated heterocycles. The van der Waals surface area contributed by atoms with E-state index in [1.807, 2.05) is 12.1 Å². The first-order valence-corrected chi connectivity index (χ1v) is 4.50. The van der Waals surface area contributed by atoms with Crippen molar-refractivity contribution in [1.29, 1.82) is 10.5 Å². The molecule has 0 aliphatic heterocycles. The summed E-state index contributed by atoms with van der Waals surface area (Å²) in [5.74, 6) is 0.347. The van der Waals surface area contributed by atoms with Gasteiger partial charge in [-0.25, -0.2) is 0 Å². The smallest absolute Gasteiger partial charge is 0.283 e. The highest BCUT2D eigenvalue weighted by atomic mass is 16.3. The van der Waals surface area contributed by atoms with Gasteiger partial charge >= 0.3 is 0 Å². The van der Waals surface area contributed by atoms with E-state index in [0.717, 1.165) is 25.4 Å². The number of aromatic hydroxyl groups is 1. The van der Waals surface area contributed by atoms with Crippen molar-refractivity contribution in [3.05, 3.63) is 29.8 Å². The summed E-state index contributed by atoms with van der Waals surface area (Å²) in [7, 11) is 0. The van der Waals surface area contributed by atoms with Crippen LogP contribution >= 0.6 is 0 Å². The molecule has 0 heterocycles. The summed E-state index contributed by atoms with van der Waals surface area (Å²) in [5.41, 5.74) is 1.29. The van der Waals surface area contributed by atoms with Gasteiger partial charge in [-0.15, -0.1) is 0 Å². The Bertz CT molecular complexity index is 324. The van der Waals surface area contributed by atoms with Crippen molar-refractivity contribution in [2.24, 2.45) is 0 Å². The van der Waals surface area contributed by atoms with Crippen LogP contribution in [0.3, 0.4) is 0 Å². The highest BCUT2D eigenvalue weighted by Gasteiger charge is 1.89. The lowest BCUT2D eigenvalue weighted by molar-refractivity contribution is 0.475. The van der Waals surface area contributed by atoms with Crippen molar-refractivity contribution in [3.63, 3.8) is 0 Å². The fourth-order valence-electron chi connectivity index (χ4n) is 0.951. The van der Waals surface area contributed by atoms with E-state index in [-0.39, 0.29) is 0 Å². The van der Waals surface area contributed by atoms with Crippen molar-refractivity contribution in [3.8, 4) is 18.3 Å². The second-order valence-corrected chi connectivity index (χ2v) is 2.62. The number of phenols is 1. The van der Waals surface area contributed by atoms with Crippen LogP contribution in [-0.2, 0) is 6.42 Å². The molecule has 0 aliphatic carbocycles.